The summed E-state index contributed by atoms with van der Waals surface area (Å²) in [5.41, 5.74) is 1.95. The molecule has 1 aromatic heterocycles. The molecule has 1 aromatic carbocycles. The summed E-state index contributed by atoms with van der Waals surface area (Å²) in [6, 6.07) is 4.64. The van der Waals surface area contributed by atoms with E-state index in [1.54, 1.807) is 18.3 Å². The van der Waals surface area contributed by atoms with Crippen molar-refractivity contribution in [3.8, 4) is 0 Å². The first-order valence-electron chi connectivity index (χ1n) is 6.83. The summed E-state index contributed by atoms with van der Waals surface area (Å²) in [7, 11) is 0. The van der Waals surface area contributed by atoms with E-state index in [-0.39, 0.29) is 5.69 Å². The number of nitrogens with zero attached hydrogens (tertiary/aromatic N) is 1. The van der Waals surface area contributed by atoms with Crippen LogP contribution in [0.3, 0.4) is 0 Å². The summed E-state index contributed by atoms with van der Waals surface area (Å²) >= 11 is 1.76. The molecule has 0 fully saturated rings. The molecule has 3 rings (SSSR count). The molecule has 21 heavy (non-hydrogen) atoms. The molecule has 1 aliphatic rings. The van der Waals surface area contributed by atoms with Gasteiger partial charge in [-0.3, -0.25) is 10.1 Å². The van der Waals surface area contributed by atoms with Gasteiger partial charge < -0.3 is 5.32 Å². The average molecular weight is 306 g/mol. The predicted octanol–water partition coefficient (Wildman–Crippen LogP) is 4.20. The summed E-state index contributed by atoms with van der Waals surface area (Å²) in [5.74, 6) is -0.553. The lowest BCUT2D eigenvalue weighted by Crippen LogP contribution is -2.03. The summed E-state index contributed by atoms with van der Waals surface area (Å²) < 4.78 is 13.5. The van der Waals surface area contributed by atoms with Crippen molar-refractivity contribution in [2.24, 2.45) is 0 Å². The van der Waals surface area contributed by atoms with E-state index in [9.17, 15) is 14.5 Å². The molecule has 0 amide bonds. The second-order valence-electron chi connectivity index (χ2n) is 5.24. The molecular formula is C15H15FN2O2S. The van der Waals surface area contributed by atoms with Gasteiger partial charge in [-0.25, -0.2) is 4.39 Å². The largest absolute Gasteiger partial charge is 0.375 e. The molecule has 0 spiro atoms. The number of rotatable bonds is 4. The van der Waals surface area contributed by atoms with Gasteiger partial charge in [0.15, 0.2) is 0 Å². The maximum atomic E-state index is 13.5. The SMILES string of the molecule is Cc1cc(NCc2cc3c(s2)CCC3)c([N+](=O)[O-])cc1F. The minimum absolute atomic E-state index is 0.220. The van der Waals surface area contributed by atoms with Crippen molar-refractivity contribution in [1.29, 1.82) is 0 Å². The number of benzene rings is 1. The highest BCUT2D eigenvalue weighted by atomic mass is 32.1. The van der Waals surface area contributed by atoms with Crippen LogP contribution in [0.2, 0.25) is 0 Å². The third-order valence-corrected chi connectivity index (χ3v) is 4.96. The normalized spacial score (nSPS) is 13.2. The van der Waals surface area contributed by atoms with E-state index in [2.05, 4.69) is 11.4 Å². The second-order valence-corrected chi connectivity index (χ2v) is 6.47. The average Bonchev–Trinajstić information content (AvgIpc) is 3.00. The summed E-state index contributed by atoms with van der Waals surface area (Å²) in [5, 5.41) is 14.1. The molecule has 1 aliphatic carbocycles. The van der Waals surface area contributed by atoms with Crippen LogP contribution in [0.4, 0.5) is 15.8 Å². The van der Waals surface area contributed by atoms with Gasteiger partial charge in [0.25, 0.3) is 5.69 Å². The number of thiophene rings is 1. The van der Waals surface area contributed by atoms with Crippen LogP contribution >= 0.6 is 11.3 Å². The number of anilines is 1. The minimum atomic E-state index is -0.556. The van der Waals surface area contributed by atoms with Gasteiger partial charge in [-0.2, -0.15) is 0 Å². The number of aryl methyl sites for hydroxylation is 3. The number of fused-ring (bicyclic) bond motifs is 1. The van der Waals surface area contributed by atoms with Crippen LogP contribution in [0.15, 0.2) is 18.2 Å². The van der Waals surface area contributed by atoms with E-state index >= 15 is 0 Å². The number of hydrogen-bond donors (Lipinski definition) is 1. The molecule has 0 radical (unpaired) electrons. The second kappa shape index (κ2) is 5.44. The Kier molecular flexibility index (Phi) is 3.63. The third-order valence-electron chi connectivity index (χ3n) is 3.72. The lowest BCUT2D eigenvalue weighted by atomic mass is 10.1. The van der Waals surface area contributed by atoms with Crippen LogP contribution in [-0.4, -0.2) is 4.92 Å². The summed E-state index contributed by atoms with van der Waals surface area (Å²) in [4.78, 5) is 13.0. The zero-order valence-electron chi connectivity index (χ0n) is 11.6. The Morgan fingerprint density at radius 2 is 2.19 bits per heavy atom. The van der Waals surface area contributed by atoms with Crippen LogP contribution in [0, 0.1) is 22.9 Å². The molecule has 110 valence electrons. The zero-order chi connectivity index (χ0) is 15.0. The van der Waals surface area contributed by atoms with E-state index in [0.717, 1.165) is 23.8 Å². The van der Waals surface area contributed by atoms with E-state index in [1.807, 2.05) is 0 Å². The van der Waals surface area contributed by atoms with Crippen LogP contribution < -0.4 is 5.32 Å². The van der Waals surface area contributed by atoms with Crippen molar-refractivity contribution in [2.45, 2.75) is 32.7 Å². The standard InChI is InChI=1S/C15H15FN2O2S/c1-9-5-13(14(18(19)20)7-12(9)16)17-8-11-6-10-3-2-4-15(10)21-11/h5-7,17H,2-4,8H2,1H3. The lowest BCUT2D eigenvalue weighted by Gasteiger charge is -2.07. The molecule has 1 heterocycles. The molecule has 0 aliphatic heterocycles. The van der Waals surface area contributed by atoms with Gasteiger partial charge >= 0.3 is 0 Å². The minimum Gasteiger partial charge on any atom is -0.375 e. The van der Waals surface area contributed by atoms with E-state index in [1.165, 1.54) is 22.9 Å². The Labute approximate surface area is 125 Å². The van der Waals surface area contributed by atoms with Crippen LogP contribution in [0.25, 0.3) is 0 Å². The first-order valence-corrected chi connectivity index (χ1v) is 7.65. The third kappa shape index (κ3) is 2.76. The van der Waals surface area contributed by atoms with Crippen molar-refractivity contribution >= 4 is 22.7 Å². The van der Waals surface area contributed by atoms with Gasteiger partial charge in [-0.05, 0) is 49.4 Å². The van der Waals surface area contributed by atoms with Gasteiger partial charge in [0.2, 0.25) is 0 Å². The first kappa shape index (κ1) is 14.0. The van der Waals surface area contributed by atoms with Crippen molar-refractivity contribution in [3.63, 3.8) is 0 Å². The number of hydrogen-bond acceptors (Lipinski definition) is 4. The lowest BCUT2D eigenvalue weighted by molar-refractivity contribution is -0.384. The molecule has 0 bridgehead atoms. The molecule has 6 heteroatoms. The van der Waals surface area contributed by atoms with E-state index < -0.39 is 10.7 Å². The Balaban J connectivity index is 1.80. The molecule has 0 atom stereocenters. The van der Waals surface area contributed by atoms with Gasteiger partial charge in [-0.15, -0.1) is 11.3 Å². The Bertz CT molecular complexity index is 690. The van der Waals surface area contributed by atoms with Gasteiger partial charge in [0.05, 0.1) is 11.0 Å². The monoisotopic (exact) mass is 306 g/mol. The quantitative estimate of drug-likeness (QED) is 0.680. The summed E-state index contributed by atoms with van der Waals surface area (Å²) in [6.07, 6.45) is 3.48. The van der Waals surface area contributed by atoms with E-state index in [0.29, 0.717) is 17.8 Å². The molecule has 0 saturated carbocycles. The Morgan fingerprint density at radius 3 is 2.90 bits per heavy atom. The van der Waals surface area contributed by atoms with Crippen molar-refractivity contribution < 1.29 is 9.31 Å². The van der Waals surface area contributed by atoms with Crippen LogP contribution in [0.1, 0.15) is 27.3 Å². The summed E-state index contributed by atoms with van der Waals surface area (Å²) in [6.45, 7) is 2.13. The number of nitro benzene ring substituents is 1. The smallest absolute Gasteiger partial charge is 0.295 e. The number of halogens is 1. The van der Waals surface area contributed by atoms with Gasteiger partial charge in [0, 0.05) is 16.3 Å². The molecule has 4 nitrogen and oxygen atoms in total. The van der Waals surface area contributed by atoms with Gasteiger partial charge in [-0.1, -0.05) is 0 Å². The fraction of sp³-hybridized carbons (Fsp3) is 0.333. The fourth-order valence-electron chi connectivity index (χ4n) is 2.62. The highest BCUT2D eigenvalue weighted by Gasteiger charge is 2.18. The molecule has 0 saturated heterocycles. The number of nitro groups is 1. The zero-order valence-corrected chi connectivity index (χ0v) is 12.4. The molecule has 1 N–H and O–H groups in total. The molecule has 2 aromatic rings. The maximum Gasteiger partial charge on any atom is 0.295 e. The fourth-order valence-corrected chi connectivity index (χ4v) is 3.82. The van der Waals surface area contributed by atoms with Crippen molar-refractivity contribution in [2.75, 3.05) is 5.32 Å². The van der Waals surface area contributed by atoms with Crippen LogP contribution in [-0.2, 0) is 19.4 Å². The Morgan fingerprint density at radius 1 is 1.38 bits per heavy atom. The predicted molar refractivity (Wildman–Crippen MR) is 81.5 cm³/mol. The molecule has 0 unspecified atom stereocenters. The highest BCUT2D eigenvalue weighted by molar-refractivity contribution is 7.12. The first-order chi connectivity index (χ1) is 10.0. The maximum absolute atomic E-state index is 13.5. The van der Waals surface area contributed by atoms with Crippen LogP contribution in [0.5, 0.6) is 0 Å². The Hall–Kier alpha value is -1.95. The topological polar surface area (TPSA) is 55.2 Å². The van der Waals surface area contributed by atoms with Gasteiger partial charge in [0.1, 0.15) is 11.5 Å². The number of nitrogens with one attached hydrogen (secondary N) is 1. The van der Waals surface area contributed by atoms with Crippen molar-refractivity contribution in [1.82, 2.24) is 0 Å². The highest BCUT2D eigenvalue weighted by Crippen LogP contribution is 2.32. The van der Waals surface area contributed by atoms with E-state index in [4.69, 9.17) is 0 Å². The van der Waals surface area contributed by atoms with Crippen molar-refractivity contribution in [3.05, 3.63) is 55.0 Å². The molecular weight excluding hydrogens is 291 g/mol.